The maximum atomic E-state index is 5.68. The molecule has 0 bridgehead atoms. The van der Waals surface area contributed by atoms with Crippen LogP contribution in [0, 0.1) is 0 Å². The molecule has 2 rings (SSSR count). The lowest BCUT2D eigenvalue weighted by Crippen LogP contribution is -2.01. The molecule has 0 aliphatic carbocycles. The topological polar surface area (TPSA) is 73.1 Å². The SMILES string of the molecule is COc1ccccc1Nc1ncnc(N)c1Br. The minimum Gasteiger partial charge on any atom is -0.495 e. The molecular formula is C11H11BrN4O. The molecule has 0 saturated carbocycles. The first-order valence-corrected chi connectivity index (χ1v) is 5.67. The van der Waals surface area contributed by atoms with Gasteiger partial charge in [0.05, 0.1) is 12.8 Å². The van der Waals surface area contributed by atoms with E-state index in [1.54, 1.807) is 7.11 Å². The number of ether oxygens (including phenoxy) is 1. The van der Waals surface area contributed by atoms with Crippen LogP contribution in [0.3, 0.4) is 0 Å². The van der Waals surface area contributed by atoms with Gasteiger partial charge in [-0.15, -0.1) is 0 Å². The van der Waals surface area contributed by atoms with Crippen LogP contribution < -0.4 is 15.8 Å². The number of anilines is 3. The van der Waals surface area contributed by atoms with E-state index in [1.807, 2.05) is 24.3 Å². The Hall–Kier alpha value is -1.82. The second-order valence-electron chi connectivity index (χ2n) is 3.25. The summed E-state index contributed by atoms with van der Waals surface area (Å²) in [6.07, 6.45) is 1.40. The maximum Gasteiger partial charge on any atom is 0.150 e. The minimum atomic E-state index is 0.386. The fourth-order valence-electron chi connectivity index (χ4n) is 1.35. The summed E-state index contributed by atoms with van der Waals surface area (Å²) in [7, 11) is 1.61. The Bertz CT molecular complexity index is 533. The van der Waals surface area contributed by atoms with Gasteiger partial charge in [0.25, 0.3) is 0 Å². The van der Waals surface area contributed by atoms with Crippen molar-refractivity contribution >= 4 is 33.3 Å². The number of aromatic nitrogens is 2. The van der Waals surface area contributed by atoms with Crippen LogP contribution in [-0.2, 0) is 0 Å². The summed E-state index contributed by atoms with van der Waals surface area (Å²) < 4.78 is 5.87. The molecule has 0 spiro atoms. The second-order valence-corrected chi connectivity index (χ2v) is 4.04. The zero-order valence-electron chi connectivity index (χ0n) is 9.14. The van der Waals surface area contributed by atoms with Gasteiger partial charge in [-0.05, 0) is 28.1 Å². The standard InChI is InChI=1S/C11H11BrN4O/c1-17-8-5-3-2-4-7(8)16-11-9(12)10(13)14-6-15-11/h2-6H,1H3,(H3,13,14,15,16). The molecule has 0 radical (unpaired) electrons. The van der Waals surface area contributed by atoms with E-state index in [4.69, 9.17) is 10.5 Å². The van der Waals surface area contributed by atoms with Crippen LogP contribution in [0.4, 0.5) is 17.3 Å². The van der Waals surface area contributed by atoms with Gasteiger partial charge in [-0.2, -0.15) is 0 Å². The highest BCUT2D eigenvalue weighted by Crippen LogP contribution is 2.31. The summed E-state index contributed by atoms with van der Waals surface area (Å²) in [5.41, 5.74) is 6.49. The average molecular weight is 295 g/mol. The van der Waals surface area contributed by atoms with Gasteiger partial charge in [0.15, 0.2) is 0 Å². The fraction of sp³-hybridized carbons (Fsp3) is 0.0909. The molecule has 0 amide bonds. The monoisotopic (exact) mass is 294 g/mol. The molecule has 88 valence electrons. The van der Waals surface area contributed by atoms with Gasteiger partial charge >= 0.3 is 0 Å². The normalized spacial score (nSPS) is 10.0. The van der Waals surface area contributed by atoms with Crippen molar-refractivity contribution in [3.8, 4) is 5.75 Å². The van der Waals surface area contributed by atoms with Gasteiger partial charge < -0.3 is 15.8 Å². The number of nitrogen functional groups attached to an aromatic ring is 1. The van der Waals surface area contributed by atoms with Crippen molar-refractivity contribution < 1.29 is 4.74 Å². The first-order valence-electron chi connectivity index (χ1n) is 4.88. The Morgan fingerprint density at radius 1 is 1.29 bits per heavy atom. The number of halogens is 1. The van der Waals surface area contributed by atoms with Crippen molar-refractivity contribution in [1.29, 1.82) is 0 Å². The Morgan fingerprint density at radius 3 is 2.82 bits per heavy atom. The zero-order chi connectivity index (χ0) is 12.3. The van der Waals surface area contributed by atoms with Gasteiger partial charge in [0.1, 0.15) is 28.2 Å². The van der Waals surface area contributed by atoms with Gasteiger partial charge in [0.2, 0.25) is 0 Å². The van der Waals surface area contributed by atoms with Crippen LogP contribution in [-0.4, -0.2) is 17.1 Å². The third kappa shape index (κ3) is 2.47. The average Bonchev–Trinajstić information content (AvgIpc) is 2.35. The second kappa shape index (κ2) is 5.01. The number of hydrogen-bond acceptors (Lipinski definition) is 5. The predicted octanol–water partition coefficient (Wildman–Crippen LogP) is 2.57. The number of benzene rings is 1. The number of nitrogens with zero attached hydrogens (tertiary/aromatic N) is 2. The van der Waals surface area contributed by atoms with Gasteiger partial charge in [-0.1, -0.05) is 12.1 Å². The van der Waals surface area contributed by atoms with Crippen molar-refractivity contribution in [2.45, 2.75) is 0 Å². The highest BCUT2D eigenvalue weighted by Gasteiger charge is 2.08. The fourth-order valence-corrected chi connectivity index (χ4v) is 1.65. The summed E-state index contributed by atoms with van der Waals surface area (Å²) in [5.74, 6) is 1.72. The lowest BCUT2D eigenvalue weighted by Gasteiger charge is -2.11. The lowest BCUT2D eigenvalue weighted by molar-refractivity contribution is 0.417. The molecule has 0 aliphatic heterocycles. The van der Waals surface area contributed by atoms with E-state index in [0.717, 1.165) is 11.4 Å². The third-order valence-electron chi connectivity index (χ3n) is 2.18. The van der Waals surface area contributed by atoms with E-state index in [1.165, 1.54) is 6.33 Å². The van der Waals surface area contributed by atoms with Gasteiger partial charge in [-0.3, -0.25) is 0 Å². The van der Waals surface area contributed by atoms with Crippen LogP contribution in [0.25, 0.3) is 0 Å². The van der Waals surface area contributed by atoms with Crippen LogP contribution >= 0.6 is 15.9 Å². The Morgan fingerprint density at radius 2 is 2.06 bits per heavy atom. The lowest BCUT2D eigenvalue weighted by atomic mass is 10.3. The van der Waals surface area contributed by atoms with E-state index in [9.17, 15) is 0 Å². The quantitative estimate of drug-likeness (QED) is 0.910. The molecule has 6 heteroatoms. The first-order chi connectivity index (χ1) is 8.22. The summed E-state index contributed by atoms with van der Waals surface area (Å²) in [6, 6.07) is 7.56. The molecule has 5 nitrogen and oxygen atoms in total. The predicted molar refractivity (Wildman–Crippen MR) is 70.4 cm³/mol. The third-order valence-corrected chi connectivity index (χ3v) is 2.96. The number of hydrogen-bond donors (Lipinski definition) is 2. The number of methoxy groups -OCH3 is 1. The molecule has 3 N–H and O–H groups in total. The maximum absolute atomic E-state index is 5.68. The summed E-state index contributed by atoms with van der Waals surface area (Å²) in [4.78, 5) is 7.98. The van der Waals surface area contributed by atoms with Crippen molar-refractivity contribution in [3.63, 3.8) is 0 Å². The molecule has 0 saturated heterocycles. The molecule has 1 heterocycles. The van der Waals surface area contributed by atoms with Crippen LogP contribution in [0.5, 0.6) is 5.75 Å². The van der Waals surface area contributed by atoms with Crippen LogP contribution in [0.2, 0.25) is 0 Å². The molecule has 2 aromatic rings. The van der Waals surface area contributed by atoms with Crippen LogP contribution in [0.1, 0.15) is 0 Å². The Balaban J connectivity index is 2.35. The molecule has 17 heavy (non-hydrogen) atoms. The van der Waals surface area contributed by atoms with E-state index in [0.29, 0.717) is 16.1 Å². The van der Waals surface area contributed by atoms with E-state index >= 15 is 0 Å². The molecule has 0 unspecified atom stereocenters. The molecular weight excluding hydrogens is 284 g/mol. The smallest absolute Gasteiger partial charge is 0.150 e. The molecule has 0 aliphatic rings. The van der Waals surface area contributed by atoms with Crippen molar-refractivity contribution in [3.05, 3.63) is 35.1 Å². The summed E-state index contributed by atoms with van der Waals surface area (Å²) >= 11 is 3.33. The zero-order valence-corrected chi connectivity index (χ0v) is 10.7. The number of nitrogens with two attached hydrogens (primary N) is 1. The number of nitrogens with one attached hydrogen (secondary N) is 1. The van der Waals surface area contributed by atoms with Crippen molar-refractivity contribution in [1.82, 2.24) is 9.97 Å². The number of rotatable bonds is 3. The van der Waals surface area contributed by atoms with Crippen molar-refractivity contribution in [2.75, 3.05) is 18.2 Å². The van der Waals surface area contributed by atoms with Crippen molar-refractivity contribution in [2.24, 2.45) is 0 Å². The largest absolute Gasteiger partial charge is 0.495 e. The van der Waals surface area contributed by atoms with Crippen LogP contribution in [0.15, 0.2) is 35.1 Å². The molecule has 0 atom stereocenters. The van der Waals surface area contributed by atoms with Gasteiger partial charge in [-0.25, -0.2) is 9.97 Å². The van der Waals surface area contributed by atoms with E-state index in [-0.39, 0.29) is 0 Å². The Kier molecular flexibility index (Phi) is 3.43. The summed E-state index contributed by atoms with van der Waals surface area (Å²) in [5, 5.41) is 3.13. The highest BCUT2D eigenvalue weighted by atomic mass is 79.9. The Labute approximate surface area is 107 Å². The van der Waals surface area contributed by atoms with E-state index in [2.05, 4.69) is 31.2 Å². The molecule has 0 fully saturated rings. The molecule has 1 aromatic carbocycles. The summed E-state index contributed by atoms with van der Waals surface area (Å²) in [6.45, 7) is 0. The van der Waals surface area contributed by atoms with E-state index < -0.39 is 0 Å². The number of para-hydroxylation sites is 2. The molecule has 1 aromatic heterocycles. The highest BCUT2D eigenvalue weighted by molar-refractivity contribution is 9.10. The minimum absolute atomic E-state index is 0.386. The first kappa shape index (κ1) is 11.7. The van der Waals surface area contributed by atoms with Gasteiger partial charge in [0, 0.05) is 0 Å².